The number of anilines is 2. The van der Waals surface area contributed by atoms with Crippen LogP contribution >= 0.6 is 27.7 Å². The topological polar surface area (TPSA) is 6.48 Å². The Morgan fingerprint density at radius 1 is 0.862 bits per heavy atom. The number of halogens is 1. The van der Waals surface area contributed by atoms with Crippen LogP contribution in [0.4, 0.5) is 11.4 Å². The highest BCUT2D eigenvalue weighted by Crippen LogP contribution is 2.50. The standard InChI is InChI=1S/C25H25BrN2S/c1-18(19-7-3-2-4-8-19)27-15-13-21(14-16-27)28-22-9-5-6-10-24(22)29-25-17-20(26)11-12-23(25)28/h2-12,17-18,21H,13-16H2,1H3. The number of fused-ring (bicyclic) bond motifs is 2. The van der Waals surface area contributed by atoms with Crippen LogP contribution in [0.2, 0.25) is 0 Å². The molecule has 1 fully saturated rings. The summed E-state index contributed by atoms with van der Waals surface area (Å²) in [5, 5.41) is 0. The highest BCUT2D eigenvalue weighted by atomic mass is 79.9. The van der Waals surface area contributed by atoms with Gasteiger partial charge in [-0.2, -0.15) is 0 Å². The second-order valence-corrected chi connectivity index (χ2v) is 9.91. The normalized spacial score (nSPS) is 18.2. The molecular formula is C25H25BrN2S. The van der Waals surface area contributed by atoms with Crippen LogP contribution < -0.4 is 4.90 Å². The summed E-state index contributed by atoms with van der Waals surface area (Å²) in [5.74, 6) is 0. The number of para-hydroxylation sites is 1. The van der Waals surface area contributed by atoms with Gasteiger partial charge in [0.25, 0.3) is 0 Å². The second kappa shape index (κ2) is 8.17. The Labute approximate surface area is 186 Å². The molecule has 0 spiro atoms. The van der Waals surface area contributed by atoms with Crippen LogP contribution in [0.15, 0.2) is 87.1 Å². The summed E-state index contributed by atoms with van der Waals surface area (Å²) in [6.45, 7) is 4.62. The van der Waals surface area contributed by atoms with Crippen LogP contribution in [0.5, 0.6) is 0 Å². The molecule has 29 heavy (non-hydrogen) atoms. The minimum atomic E-state index is 0.476. The van der Waals surface area contributed by atoms with Crippen molar-refractivity contribution in [1.82, 2.24) is 4.90 Å². The smallest absolute Gasteiger partial charge is 0.0556 e. The van der Waals surface area contributed by atoms with Crippen molar-refractivity contribution in [3.63, 3.8) is 0 Å². The third kappa shape index (κ3) is 3.74. The second-order valence-electron chi connectivity index (χ2n) is 7.91. The summed E-state index contributed by atoms with van der Waals surface area (Å²) in [5.41, 5.74) is 4.13. The largest absolute Gasteiger partial charge is 0.336 e. The van der Waals surface area contributed by atoms with Gasteiger partial charge in [-0.3, -0.25) is 4.90 Å². The number of benzene rings is 3. The van der Waals surface area contributed by atoms with Gasteiger partial charge < -0.3 is 4.90 Å². The van der Waals surface area contributed by atoms with Gasteiger partial charge in [0.05, 0.1) is 11.4 Å². The fraction of sp³-hybridized carbons (Fsp3) is 0.280. The maximum atomic E-state index is 3.65. The van der Waals surface area contributed by atoms with Gasteiger partial charge >= 0.3 is 0 Å². The summed E-state index contributed by atoms with van der Waals surface area (Å²) < 4.78 is 1.15. The maximum Gasteiger partial charge on any atom is 0.0556 e. The van der Waals surface area contributed by atoms with E-state index in [1.807, 2.05) is 11.8 Å². The molecule has 3 aromatic carbocycles. The van der Waals surface area contributed by atoms with Crippen molar-refractivity contribution < 1.29 is 0 Å². The monoisotopic (exact) mass is 464 g/mol. The van der Waals surface area contributed by atoms with Gasteiger partial charge in [0.1, 0.15) is 0 Å². The van der Waals surface area contributed by atoms with Gasteiger partial charge in [0, 0.05) is 39.4 Å². The molecule has 2 aliphatic rings. The van der Waals surface area contributed by atoms with Gasteiger partial charge in [-0.1, -0.05) is 70.2 Å². The zero-order valence-corrected chi connectivity index (χ0v) is 19.0. The van der Waals surface area contributed by atoms with E-state index in [2.05, 4.69) is 105 Å². The van der Waals surface area contributed by atoms with Crippen LogP contribution in [0.1, 0.15) is 31.4 Å². The molecule has 148 valence electrons. The maximum absolute atomic E-state index is 3.65. The molecule has 0 amide bonds. The molecule has 0 aromatic heterocycles. The summed E-state index contributed by atoms with van der Waals surface area (Å²) in [4.78, 5) is 7.95. The minimum absolute atomic E-state index is 0.476. The first kappa shape index (κ1) is 19.2. The molecule has 0 saturated carbocycles. The predicted molar refractivity (Wildman–Crippen MR) is 126 cm³/mol. The zero-order valence-electron chi connectivity index (χ0n) is 16.6. The van der Waals surface area contributed by atoms with Crippen molar-refractivity contribution in [2.75, 3.05) is 18.0 Å². The first-order valence-electron chi connectivity index (χ1n) is 10.4. The molecule has 5 rings (SSSR count). The van der Waals surface area contributed by atoms with E-state index in [4.69, 9.17) is 0 Å². The lowest BCUT2D eigenvalue weighted by Gasteiger charge is -2.44. The van der Waals surface area contributed by atoms with E-state index in [1.54, 1.807) is 0 Å². The van der Waals surface area contributed by atoms with E-state index < -0.39 is 0 Å². The molecule has 2 nitrogen and oxygen atoms in total. The van der Waals surface area contributed by atoms with Crippen LogP contribution in [0.25, 0.3) is 0 Å². The lowest BCUT2D eigenvalue weighted by molar-refractivity contribution is 0.163. The third-order valence-corrected chi connectivity index (χ3v) is 7.83. The third-order valence-electron chi connectivity index (χ3n) is 6.22. The Morgan fingerprint density at radius 3 is 2.34 bits per heavy atom. The number of hydrogen-bond donors (Lipinski definition) is 0. The van der Waals surface area contributed by atoms with Gasteiger partial charge in [0.15, 0.2) is 0 Å². The average Bonchev–Trinajstić information content (AvgIpc) is 2.77. The zero-order chi connectivity index (χ0) is 19.8. The van der Waals surface area contributed by atoms with Crippen molar-refractivity contribution in [2.24, 2.45) is 0 Å². The minimum Gasteiger partial charge on any atom is -0.336 e. The Hall–Kier alpha value is -1.75. The Kier molecular flexibility index (Phi) is 5.42. The molecule has 4 heteroatoms. The van der Waals surface area contributed by atoms with E-state index in [0.717, 1.165) is 17.6 Å². The van der Waals surface area contributed by atoms with Gasteiger partial charge in [-0.05, 0) is 55.7 Å². The molecule has 2 aliphatic heterocycles. The fourth-order valence-electron chi connectivity index (χ4n) is 4.63. The molecule has 3 aromatic rings. The van der Waals surface area contributed by atoms with Crippen LogP contribution in [0.3, 0.4) is 0 Å². The SMILES string of the molecule is CC(c1ccccc1)N1CCC(N2c3ccccc3Sc3cc(Br)ccc32)CC1. The molecule has 1 atom stereocenters. The number of likely N-dealkylation sites (tertiary alicyclic amines) is 1. The molecule has 0 aliphatic carbocycles. The van der Waals surface area contributed by atoms with Crippen LogP contribution in [-0.2, 0) is 0 Å². The molecule has 1 saturated heterocycles. The van der Waals surface area contributed by atoms with Crippen molar-refractivity contribution in [3.05, 3.63) is 82.8 Å². The fourth-order valence-corrected chi connectivity index (χ4v) is 6.25. The highest BCUT2D eigenvalue weighted by molar-refractivity contribution is 9.10. The summed E-state index contributed by atoms with van der Waals surface area (Å²) >= 11 is 5.54. The van der Waals surface area contributed by atoms with Crippen molar-refractivity contribution in [3.8, 4) is 0 Å². The lowest BCUT2D eigenvalue weighted by atomic mass is 9.98. The first-order chi connectivity index (χ1) is 14.2. The Bertz CT molecular complexity index is 999. The predicted octanol–water partition coefficient (Wildman–Crippen LogP) is 7.28. The molecular weight excluding hydrogens is 440 g/mol. The van der Waals surface area contributed by atoms with Gasteiger partial charge in [-0.25, -0.2) is 0 Å². The van der Waals surface area contributed by atoms with E-state index in [0.29, 0.717) is 12.1 Å². The van der Waals surface area contributed by atoms with E-state index >= 15 is 0 Å². The number of hydrogen-bond acceptors (Lipinski definition) is 3. The van der Waals surface area contributed by atoms with E-state index in [-0.39, 0.29) is 0 Å². The van der Waals surface area contributed by atoms with Crippen molar-refractivity contribution in [2.45, 2.75) is 41.6 Å². The molecule has 0 N–H and O–H groups in total. The first-order valence-corrected chi connectivity index (χ1v) is 12.0. The highest BCUT2D eigenvalue weighted by Gasteiger charge is 2.32. The number of nitrogens with zero attached hydrogens (tertiary/aromatic N) is 2. The van der Waals surface area contributed by atoms with E-state index in [1.165, 1.54) is 39.6 Å². The molecule has 1 unspecified atom stereocenters. The summed E-state index contributed by atoms with van der Waals surface area (Å²) in [6, 6.07) is 27.5. The average molecular weight is 465 g/mol. The Balaban J connectivity index is 1.40. The number of piperidine rings is 1. The van der Waals surface area contributed by atoms with Crippen LogP contribution in [-0.4, -0.2) is 24.0 Å². The summed E-state index contributed by atoms with van der Waals surface area (Å²) in [6.07, 6.45) is 2.37. The number of rotatable bonds is 3. The molecule has 0 bridgehead atoms. The van der Waals surface area contributed by atoms with Gasteiger partial charge in [0.2, 0.25) is 0 Å². The van der Waals surface area contributed by atoms with Crippen molar-refractivity contribution in [1.29, 1.82) is 0 Å². The van der Waals surface area contributed by atoms with E-state index in [9.17, 15) is 0 Å². The summed E-state index contributed by atoms with van der Waals surface area (Å²) in [7, 11) is 0. The molecule has 2 heterocycles. The lowest BCUT2D eigenvalue weighted by Crippen LogP contribution is -2.44. The molecule has 0 radical (unpaired) electrons. The van der Waals surface area contributed by atoms with Crippen molar-refractivity contribution >= 4 is 39.1 Å². The van der Waals surface area contributed by atoms with Gasteiger partial charge in [-0.15, -0.1) is 0 Å². The Morgan fingerprint density at radius 2 is 1.55 bits per heavy atom. The quantitative estimate of drug-likeness (QED) is 0.401. The van der Waals surface area contributed by atoms with Crippen LogP contribution in [0, 0.1) is 0 Å².